The van der Waals surface area contributed by atoms with E-state index in [0.717, 1.165) is 14.0 Å². The first-order valence-corrected chi connectivity index (χ1v) is 20.3. The van der Waals surface area contributed by atoms with Gasteiger partial charge in [0.05, 0.1) is 36.2 Å². The van der Waals surface area contributed by atoms with Crippen LogP contribution in [0.3, 0.4) is 0 Å². The molecule has 0 unspecified atom stereocenters. The molecule has 0 aliphatic heterocycles. The van der Waals surface area contributed by atoms with Gasteiger partial charge in [-0.25, -0.2) is 19.2 Å². The summed E-state index contributed by atoms with van der Waals surface area (Å²) < 4.78 is 34.7. The maximum absolute atomic E-state index is 15.5. The van der Waals surface area contributed by atoms with E-state index in [0.29, 0.717) is 6.42 Å². The van der Waals surface area contributed by atoms with Crippen LogP contribution in [-0.2, 0) is 42.8 Å². The second-order valence-corrected chi connectivity index (χ2v) is 19.5. The first-order chi connectivity index (χ1) is 27.6. The van der Waals surface area contributed by atoms with Crippen molar-refractivity contribution in [2.75, 3.05) is 7.11 Å². The van der Waals surface area contributed by atoms with E-state index in [-0.39, 0.29) is 29.6 Å². The molecule has 2 bridgehead atoms. The van der Waals surface area contributed by atoms with Crippen LogP contribution in [0, 0.1) is 28.1 Å². The summed E-state index contributed by atoms with van der Waals surface area (Å²) in [5, 5.41) is 39.9. The molecule has 11 atom stereocenters. The molecule has 3 fully saturated rings. The first-order valence-electron chi connectivity index (χ1n) is 20.3. The number of esters is 3. The number of rotatable bonds is 8. The summed E-state index contributed by atoms with van der Waals surface area (Å²) in [4.78, 5) is 82.9. The molecule has 0 heterocycles. The molecule has 16 nitrogen and oxygen atoms in total. The van der Waals surface area contributed by atoms with Crippen LogP contribution in [0.2, 0.25) is 0 Å². The molecule has 332 valence electrons. The fraction of sp³-hybridized carbons (Fsp3) is 0.682. The van der Waals surface area contributed by atoms with Gasteiger partial charge in [0.25, 0.3) is 0 Å². The number of benzene rings is 1. The van der Waals surface area contributed by atoms with E-state index in [4.69, 9.17) is 28.4 Å². The van der Waals surface area contributed by atoms with Gasteiger partial charge in [-0.05, 0) is 82.6 Å². The van der Waals surface area contributed by atoms with Gasteiger partial charge in [0.1, 0.15) is 29.0 Å². The maximum Gasteiger partial charge on any atom is 0.508 e. The zero-order valence-electron chi connectivity index (χ0n) is 36.6. The summed E-state index contributed by atoms with van der Waals surface area (Å²) in [6.45, 7) is 17.2. The van der Waals surface area contributed by atoms with Crippen LogP contribution in [0.25, 0.3) is 0 Å². The van der Waals surface area contributed by atoms with Crippen molar-refractivity contribution < 1.29 is 72.5 Å². The molecule has 5 rings (SSSR count). The van der Waals surface area contributed by atoms with Gasteiger partial charge < -0.3 is 49.1 Å². The lowest BCUT2D eigenvalue weighted by Gasteiger charge is -2.68. The third-order valence-corrected chi connectivity index (χ3v) is 13.3. The van der Waals surface area contributed by atoms with Gasteiger partial charge in [-0.15, -0.1) is 0 Å². The number of hydrogen-bond donors (Lipinski definition) is 4. The van der Waals surface area contributed by atoms with Crippen LogP contribution >= 0.6 is 0 Å². The quantitative estimate of drug-likeness (QED) is 0.157. The average molecular weight is 844 g/mol. The van der Waals surface area contributed by atoms with Gasteiger partial charge in [-0.2, -0.15) is 0 Å². The van der Waals surface area contributed by atoms with Gasteiger partial charge in [0.15, 0.2) is 18.0 Å². The number of aliphatic hydroxyl groups is 3. The minimum Gasteiger partial charge on any atom is -0.456 e. The summed E-state index contributed by atoms with van der Waals surface area (Å²) >= 11 is 0. The maximum atomic E-state index is 15.5. The number of amides is 1. The molecular formula is C44H61NO15. The van der Waals surface area contributed by atoms with E-state index < -0.39 is 124 Å². The third kappa shape index (κ3) is 8.02. The molecule has 60 heavy (non-hydrogen) atoms. The topological polar surface area (TPSA) is 231 Å². The summed E-state index contributed by atoms with van der Waals surface area (Å²) in [6.07, 6.45) is -10.6. The van der Waals surface area contributed by atoms with Crippen LogP contribution in [0.4, 0.5) is 9.59 Å². The molecule has 1 aromatic carbocycles. The number of alkyl carbamates (subject to hydrolysis) is 1. The van der Waals surface area contributed by atoms with Crippen LogP contribution in [0.15, 0.2) is 41.5 Å². The SMILES string of the molecule is COC(=O)O[C@@]12CC[C@@H]1C[C@H](O)[C@@]1(C)C(=O)[C@H](OC(C)=O)C3=C(C)[C@@H](OC(=O)[C@H](O)[C@@H](NC(=O)OC(C)(C)C)C(C)(C)C)C[C@@](O)([C@@H](OC(=O)c4ccccc4)[C@H]21)C3(C)C. The van der Waals surface area contributed by atoms with E-state index in [2.05, 4.69) is 5.32 Å². The molecular weight excluding hydrogens is 782 g/mol. The van der Waals surface area contributed by atoms with Gasteiger partial charge in [0.2, 0.25) is 0 Å². The molecule has 0 radical (unpaired) electrons. The predicted molar refractivity (Wildman–Crippen MR) is 212 cm³/mol. The minimum atomic E-state index is -2.37. The highest BCUT2D eigenvalue weighted by molar-refractivity contribution is 5.95. The minimum absolute atomic E-state index is 0.00861. The van der Waals surface area contributed by atoms with Crippen LogP contribution < -0.4 is 5.32 Å². The highest BCUT2D eigenvalue weighted by Gasteiger charge is 2.77. The number of aliphatic hydroxyl groups excluding tert-OH is 2. The number of nitrogens with one attached hydrogen (secondary N) is 1. The lowest BCUT2D eigenvalue weighted by Crippen LogP contribution is -2.78. The standard InChI is InChI=1S/C44H61NO15/c1-22-26(57-36(51)29(48)32(39(3,4)5)45-37(52)59-40(6,7)8)21-44(54)34(58-35(50)24-16-14-13-15-17-24)31-42(11,33(49)30(56-23(2)46)28(22)41(44,9)10)27(47)20-25-18-19-43(25,31)60-38(53)55-12/h13-17,25-27,29-32,34,47-48,54H,18-21H2,1-12H3,(H,45,52)/t25-,26+,27+,29-,30-,31+,32-,34+,42-,43+,44-/m1/s1. The van der Waals surface area contributed by atoms with E-state index in [1.54, 1.807) is 73.6 Å². The molecule has 1 amide bonds. The van der Waals surface area contributed by atoms with Crippen molar-refractivity contribution in [2.24, 2.45) is 28.1 Å². The monoisotopic (exact) mass is 843 g/mol. The van der Waals surface area contributed by atoms with Gasteiger partial charge in [0, 0.05) is 24.7 Å². The van der Waals surface area contributed by atoms with Gasteiger partial charge in [-0.1, -0.05) is 52.8 Å². The number of ether oxygens (including phenoxy) is 6. The lowest BCUT2D eigenvalue weighted by molar-refractivity contribution is -0.293. The van der Waals surface area contributed by atoms with Crippen molar-refractivity contribution in [1.82, 2.24) is 5.32 Å². The number of ketones is 1. The van der Waals surface area contributed by atoms with E-state index in [1.165, 1.54) is 26.0 Å². The van der Waals surface area contributed by atoms with Gasteiger partial charge in [-0.3, -0.25) is 9.59 Å². The van der Waals surface area contributed by atoms with Crippen LogP contribution in [0.5, 0.6) is 0 Å². The van der Waals surface area contributed by atoms with Crippen molar-refractivity contribution in [1.29, 1.82) is 0 Å². The zero-order chi connectivity index (χ0) is 45.1. The highest BCUT2D eigenvalue weighted by Crippen LogP contribution is 2.67. The van der Waals surface area contributed by atoms with Crippen molar-refractivity contribution in [3.8, 4) is 0 Å². The predicted octanol–water partition coefficient (Wildman–Crippen LogP) is 4.73. The van der Waals surface area contributed by atoms with E-state index >= 15 is 4.79 Å². The molecule has 4 aliphatic rings. The second-order valence-electron chi connectivity index (χ2n) is 19.5. The molecule has 1 aromatic rings. The zero-order valence-corrected chi connectivity index (χ0v) is 36.6. The normalized spacial score (nSPS) is 33.1. The van der Waals surface area contributed by atoms with Crippen molar-refractivity contribution >= 4 is 35.9 Å². The molecule has 16 heteroatoms. The summed E-state index contributed by atoms with van der Waals surface area (Å²) in [5.74, 6) is -5.95. The number of Topliss-reactive ketones (excluding diaryl/α,β-unsaturated/α-hetero) is 1. The number of fused-ring (bicyclic) bond motifs is 5. The number of hydrogen-bond acceptors (Lipinski definition) is 15. The Balaban J connectivity index is 1.74. The molecule has 0 saturated heterocycles. The van der Waals surface area contributed by atoms with Crippen molar-refractivity contribution in [2.45, 2.75) is 155 Å². The Bertz CT molecular complexity index is 1910. The molecule has 0 aromatic heterocycles. The van der Waals surface area contributed by atoms with Crippen LogP contribution in [-0.4, -0.2) is 112 Å². The Hall–Kier alpha value is -4.54. The van der Waals surface area contributed by atoms with E-state index in [1.807, 2.05) is 0 Å². The fourth-order valence-corrected chi connectivity index (χ4v) is 10.0. The molecule has 0 spiro atoms. The van der Waals surface area contributed by atoms with Crippen molar-refractivity contribution in [3.63, 3.8) is 0 Å². The third-order valence-electron chi connectivity index (χ3n) is 13.3. The summed E-state index contributed by atoms with van der Waals surface area (Å²) in [6, 6.07) is 6.62. The number of carbonyl (C=O) groups excluding carboxylic acids is 6. The summed E-state index contributed by atoms with van der Waals surface area (Å²) in [7, 11) is 1.11. The average Bonchev–Trinajstić information content (AvgIpc) is 3.13. The lowest BCUT2D eigenvalue weighted by atomic mass is 9.41. The fourth-order valence-electron chi connectivity index (χ4n) is 10.0. The van der Waals surface area contributed by atoms with E-state index in [9.17, 15) is 39.3 Å². The first kappa shape index (κ1) is 46.5. The van der Waals surface area contributed by atoms with Crippen LogP contribution in [0.1, 0.15) is 112 Å². The van der Waals surface area contributed by atoms with Crippen molar-refractivity contribution in [3.05, 3.63) is 47.0 Å². The Kier molecular flexibility index (Phi) is 12.4. The smallest absolute Gasteiger partial charge is 0.456 e. The number of methoxy groups -OCH3 is 1. The largest absolute Gasteiger partial charge is 0.508 e. The Morgan fingerprint density at radius 3 is 2.08 bits per heavy atom. The van der Waals surface area contributed by atoms with Gasteiger partial charge >= 0.3 is 30.2 Å². The molecule has 4 aliphatic carbocycles. The second kappa shape index (κ2) is 16.1. The molecule has 4 N–H and O–H groups in total. The molecule has 3 saturated carbocycles. The Labute approximate surface area is 350 Å². The highest BCUT2D eigenvalue weighted by atomic mass is 16.7. The number of carbonyl (C=O) groups is 6. The Morgan fingerprint density at radius 1 is 0.950 bits per heavy atom. The Morgan fingerprint density at radius 2 is 1.57 bits per heavy atom. The summed E-state index contributed by atoms with van der Waals surface area (Å²) in [5.41, 5.74) is -9.27.